The van der Waals surface area contributed by atoms with E-state index in [1.54, 1.807) is 12.3 Å². The number of hydrogen-bond donors (Lipinski definition) is 1. The van der Waals surface area contributed by atoms with Crippen molar-refractivity contribution in [3.8, 4) is 0 Å². The summed E-state index contributed by atoms with van der Waals surface area (Å²) < 4.78 is 13.4. The van der Waals surface area contributed by atoms with Gasteiger partial charge in [-0.15, -0.1) is 0 Å². The SMILES string of the molecule is CN(C)c1ccncc1NC(=O)c1cccnc1F. The van der Waals surface area contributed by atoms with Crippen molar-refractivity contribution >= 4 is 17.3 Å². The van der Waals surface area contributed by atoms with Crippen LogP contribution in [0.4, 0.5) is 15.8 Å². The van der Waals surface area contributed by atoms with Gasteiger partial charge in [-0.2, -0.15) is 4.39 Å². The van der Waals surface area contributed by atoms with Gasteiger partial charge in [-0.1, -0.05) is 0 Å². The van der Waals surface area contributed by atoms with Crippen molar-refractivity contribution in [2.45, 2.75) is 0 Å². The molecule has 2 rings (SSSR count). The molecule has 0 aliphatic rings. The molecule has 5 nitrogen and oxygen atoms in total. The lowest BCUT2D eigenvalue weighted by molar-refractivity contribution is 0.102. The standard InChI is InChI=1S/C13H13FN4O/c1-18(2)11-5-7-15-8-10(11)17-13(19)9-4-3-6-16-12(9)14/h3-8H,1-2H3,(H,17,19). The van der Waals surface area contributed by atoms with Gasteiger partial charge in [0, 0.05) is 26.5 Å². The van der Waals surface area contributed by atoms with Crippen LogP contribution in [-0.2, 0) is 0 Å². The summed E-state index contributed by atoms with van der Waals surface area (Å²) in [5, 5.41) is 2.63. The van der Waals surface area contributed by atoms with Crippen LogP contribution in [0, 0.1) is 5.95 Å². The molecule has 0 aromatic carbocycles. The molecule has 0 bridgehead atoms. The number of halogens is 1. The molecule has 1 N–H and O–H groups in total. The van der Waals surface area contributed by atoms with E-state index in [4.69, 9.17) is 0 Å². The molecule has 0 fully saturated rings. The number of rotatable bonds is 3. The van der Waals surface area contributed by atoms with E-state index in [0.29, 0.717) is 5.69 Å². The fourth-order valence-corrected chi connectivity index (χ4v) is 1.62. The van der Waals surface area contributed by atoms with E-state index in [1.165, 1.54) is 24.5 Å². The third kappa shape index (κ3) is 2.85. The first kappa shape index (κ1) is 12.9. The van der Waals surface area contributed by atoms with Crippen LogP contribution < -0.4 is 10.2 Å². The number of aromatic nitrogens is 2. The molecule has 2 aromatic rings. The van der Waals surface area contributed by atoms with Gasteiger partial charge in [-0.25, -0.2) is 4.98 Å². The van der Waals surface area contributed by atoms with Gasteiger partial charge in [0.05, 0.1) is 23.1 Å². The molecule has 0 unspecified atom stereocenters. The molecule has 0 aliphatic carbocycles. The molecule has 1 amide bonds. The second kappa shape index (κ2) is 5.43. The molecule has 0 aliphatic heterocycles. The molecule has 2 heterocycles. The molecule has 0 atom stereocenters. The minimum absolute atomic E-state index is 0.101. The van der Waals surface area contributed by atoms with Crippen LogP contribution in [0.2, 0.25) is 0 Å². The maximum absolute atomic E-state index is 13.4. The Morgan fingerprint density at radius 3 is 2.79 bits per heavy atom. The first-order chi connectivity index (χ1) is 9.09. The van der Waals surface area contributed by atoms with Crippen LogP contribution in [-0.4, -0.2) is 30.0 Å². The van der Waals surface area contributed by atoms with Gasteiger partial charge in [0.25, 0.3) is 5.91 Å². The summed E-state index contributed by atoms with van der Waals surface area (Å²) in [5.74, 6) is -1.35. The predicted octanol–water partition coefficient (Wildman–Crippen LogP) is 1.93. The van der Waals surface area contributed by atoms with Crippen LogP contribution >= 0.6 is 0 Å². The van der Waals surface area contributed by atoms with E-state index >= 15 is 0 Å². The number of nitrogens with zero attached hydrogens (tertiary/aromatic N) is 3. The molecule has 6 heteroatoms. The van der Waals surface area contributed by atoms with Crippen molar-refractivity contribution in [3.05, 3.63) is 48.3 Å². The molecule has 2 aromatic heterocycles. The highest BCUT2D eigenvalue weighted by Gasteiger charge is 2.14. The largest absolute Gasteiger partial charge is 0.376 e. The van der Waals surface area contributed by atoms with E-state index in [-0.39, 0.29) is 5.56 Å². The van der Waals surface area contributed by atoms with Crippen LogP contribution in [0.5, 0.6) is 0 Å². The zero-order valence-corrected chi connectivity index (χ0v) is 10.6. The van der Waals surface area contributed by atoms with Crippen LogP contribution in [0.1, 0.15) is 10.4 Å². The van der Waals surface area contributed by atoms with Gasteiger partial charge in [0.1, 0.15) is 0 Å². The lowest BCUT2D eigenvalue weighted by Crippen LogP contribution is -2.18. The van der Waals surface area contributed by atoms with Crippen LogP contribution in [0.3, 0.4) is 0 Å². The number of carbonyl (C=O) groups is 1. The number of pyridine rings is 2. The van der Waals surface area contributed by atoms with Crippen LogP contribution in [0.15, 0.2) is 36.8 Å². The van der Waals surface area contributed by atoms with E-state index in [2.05, 4.69) is 15.3 Å². The molecular formula is C13H13FN4O. The van der Waals surface area contributed by atoms with E-state index in [0.717, 1.165) is 5.69 Å². The summed E-state index contributed by atoms with van der Waals surface area (Å²) in [4.78, 5) is 21.2. The van der Waals surface area contributed by atoms with Crippen molar-refractivity contribution in [1.29, 1.82) is 0 Å². The Morgan fingerprint density at radius 1 is 1.32 bits per heavy atom. The van der Waals surface area contributed by atoms with E-state index in [1.807, 2.05) is 19.0 Å². The Hall–Kier alpha value is -2.50. The monoisotopic (exact) mass is 260 g/mol. The Morgan fingerprint density at radius 2 is 2.11 bits per heavy atom. The molecule has 0 saturated carbocycles. The minimum atomic E-state index is -0.796. The minimum Gasteiger partial charge on any atom is -0.376 e. The highest BCUT2D eigenvalue weighted by Crippen LogP contribution is 2.22. The average Bonchev–Trinajstić information content (AvgIpc) is 2.39. The summed E-state index contributed by atoms with van der Waals surface area (Å²) in [6.07, 6.45) is 4.43. The maximum atomic E-state index is 13.4. The Labute approximate surface area is 110 Å². The third-order valence-corrected chi connectivity index (χ3v) is 2.53. The number of anilines is 2. The number of nitrogens with one attached hydrogen (secondary N) is 1. The Bertz CT molecular complexity index is 601. The highest BCUT2D eigenvalue weighted by atomic mass is 19.1. The highest BCUT2D eigenvalue weighted by molar-refractivity contribution is 6.05. The predicted molar refractivity (Wildman–Crippen MR) is 70.7 cm³/mol. The van der Waals surface area contributed by atoms with Gasteiger partial charge in [-0.05, 0) is 18.2 Å². The second-order valence-electron chi connectivity index (χ2n) is 4.08. The van der Waals surface area contributed by atoms with E-state index in [9.17, 15) is 9.18 Å². The van der Waals surface area contributed by atoms with Crippen molar-refractivity contribution in [2.24, 2.45) is 0 Å². The fraction of sp³-hybridized carbons (Fsp3) is 0.154. The Kier molecular flexibility index (Phi) is 3.70. The lowest BCUT2D eigenvalue weighted by atomic mass is 10.2. The normalized spacial score (nSPS) is 10.1. The summed E-state index contributed by atoms with van der Waals surface area (Å²) in [5.41, 5.74) is 1.20. The molecule has 19 heavy (non-hydrogen) atoms. The first-order valence-electron chi connectivity index (χ1n) is 5.63. The molecule has 0 radical (unpaired) electrons. The molecule has 0 saturated heterocycles. The summed E-state index contributed by atoms with van der Waals surface area (Å²) in [7, 11) is 3.69. The third-order valence-electron chi connectivity index (χ3n) is 2.53. The summed E-state index contributed by atoms with van der Waals surface area (Å²) >= 11 is 0. The number of carbonyl (C=O) groups excluding carboxylic acids is 1. The van der Waals surface area contributed by atoms with Gasteiger partial charge in [0.2, 0.25) is 5.95 Å². The fourth-order valence-electron chi connectivity index (χ4n) is 1.62. The van der Waals surface area contributed by atoms with Gasteiger partial charge >= 0.3 is 0 Å². The van der Waals surface area contributed by atoms with Crippen molar-refractivity contribution in [2.75, 3.05) is 24.3 Å². The zero-order chi connectivity index (χ0) is 13.8. The van der Waals surface area contributed by atoms with Crippen molar-refractivity contribution < 1.29 is 9.18 Å². The average molecular weight is 260 g/mol. The summed E-state index contributed by atoms with van der Waals surface area (Å²) in [6, 6.07) is 4.65. The second-order valence-corrected chi connectivity index (χ2v) is 4.08. The van der Waals surface area contributed by atoms with Gasteiger partial charge < -0.3 is 10.2 Å². The Balaban J connectivity index is 2.27. The van der Waals surface area contributed by atoms with Crippen LogP contribution in [0.25, 0.3) is 0 Å². The lowest BCUT2D eigenvalue weighted by Gasteiger charge is -2.17. The van der Waals surface area contributed by atoms with Crippen molar-refractivity contribution in [1.82, 2.24) is 9.97 Å². The number of amides is 1. The molecule has 0 spiro atoms. The molecule has 98 valence electrons. The molecular weight excluding hydrogens is 247 g/mol. The summed E-state index contributed by atoms with van der Waals surface area (Å²) in [6.45, 7) is 0. The van der Waals surface area contributed by atoms with Gasteiger partial charge in [0.15, 0.2) is 0 Å². The van der Waals surface area contributed by atoms with E-state index < -0.39 is 11.9 Å². The smallest absolute Gasteiger partial charge is 0.260 e. The van der Waals surface area contributed by atoms with Gasteiger partial charge in [-0.3, -0.25) is 9.78 Å². The number of hydrogen-bond acceptors (Lipinski definition) is 4. The topological polar surface area (TPSA) is 58.1 Å². The van der Waals surface area contributed by atoms with Crippen molar-refractivity contribution in [3.63, 3.8) is 0 Å². The maximum Gasteiger partial charge on any atom is 0.260 e. The zero-order valence-electron chi connectivity index (χ0n) is 10.6. The first-order valence-corrected chi connectivity index (χ1v) is 5.63. The quantitative estimate of drug-likeness (QED) is 0.857.